The van der Waals surface area contributed by atoms with E-state index in [0.29, 0.717) is 6.54 Å². The Hall–Kier alpha value is -1.26. The van der Waals surface area contributed by atoms with Crippen LogP contribution in [0.5, 0.6) is 5.75 Å². The normalized spacial score (nSPS) is 14.9. The highest BCUT2D eigenvalue weighted by Gasteiger charge is 2.51. The number of hydrogen-bond donors (Lipinski definition) is 2. The van der Waals surface area contributed by atoms with Crippen molar-refractivity contribution < 1.29 is 9.53 Å². The SMILES string of the molecule is CCCNCCNC(=O)C1(c2ccc(C)c(OC)c2)CC1.Cl. The molecule has 4 nitrogen and oxygen atoms in total. The summed E-state index contributed by atoms with van der Waals surface area (Å²) < 4.78 is 5.37. The molecule has 1 saturated carbocycles. The Labute approximate surface area is 139 Å². The maximum Gasteiger partial charge on any atom is 0.230 e. The van der Waals surface area contributed by atoms with Crippen LogP contribution < -0.4 is 15.4 Å². The Bertz CT molecular complexity index is 501. The highest BCUT2D eigenvalue weighted by Crippen LogP contribution is 2.49. The summed E-state index contributed by atoms with van der Waals surface area (Å²) in [6, 6.07) is 6.10. The van der Waals surface area contributed by atoms with Gasteiger partial charge in [0, 0.05) is 13.1 Å². The molecule has 5 heteroatoms. The molecule has 0 heterocycles. The largest absolute Gasteiger partial charge is 0.496 e. The molecule has 22 heavy (non-hydrogen) atoms. The number of nitrogens with one attached hydrogen (secondary N) is 2. The lowest BCUT2D eigenvalue weighted by Gasteiger charge is -2.17. The summed E-state index contributed by atoms with van der Waals surface area (Å²) in [4.78, 5) is 12.5. The van der Waals surface area contributed by atoms with Gasteiger partial charge in [-0.3, -0.25) is 4.79 Å². The van der Waals surface area contributed by atoms with Crippen LogP contribution in [0.2, 0.25) is 0 Å². The van der Waals surface area contributed by atoms with Crippen molar-refractivity contribution in [1.29, 1.82) is 0 Å². The van der Waals surface area contributed by atoms with E-state index in [2.05, 4.69) is 23.6 Å². The van der Waals surface area contributed by atoms with Crippen LogP contribution in [0.25, 0.3) is 0 Å². The molecule has 1 aromatic rings. The van der Waals surface area contributed by atoms with Crippen molar-refractivity contribution in [3.8, 4) is 5.75 Å². The topological polar surface area (TPSA) is 50.4 Å². The number of ether oxygens (including phenoxy) is 1. The molecule has 124 valence electrons. The van der Waals surface area contributed by atoms with Crippen LogP contribution in [0.4, 0.5) is 0 Å². The Morgan fingerprint density at radius 3 is 2.59 bits per heavy atom. The second-order valence-corrected chi connectivity index (χ2v) is 5.77. The second-order valence-electron chi connectivity index (χ2n) is 5.77. The van der Waals surface area contributed by atoms with Gasteiger partial charge >= 0.3 is 0 Å². The summed E-state index contributed by atoms with van der Waals surface area (Å²) in [5.74, 6) is 1.00. The number of benzene rings is 1. The average molecular weight is 327 g/mol. The molecule has 2 rings (SSSR count). The molecule has 1 aliphatic rings. The van der Waals surface area contributed by atoms with Gasteiger partial charge in [0.1, 0.15) is 5.75 Å². The van der Waals surface area contributed by atoms with Crippen LogP contribution in [-0.4, -0.2) is 32.7 Å². The molecule has 0 saturated heterocycles. The zero-order chi connectivity index (χ0) is 15.3. The van der Waals surface area contributed by atoms with E-state index >= 15 is 0 Å². The number of carbonyl (C=O) groups excluding carboxylic acids is 1. The van der Waals surface area contributed by atoms with Gasteiger partial charge in [-0.2, -0.15) is 0 Å². The first-order valence-electron chi connectivity index (χ1n) is 7.78. The predicted molar refractivity (Wildman–Crippen MR) is 92.1 cm³/mol. The van der Waals surface area contributed by atoms with Gasteiger partial charge in [-0.05, 0) is 49.9 Å². The molecule has 1 aliphatic carbocycles. The zero-order valence-electron chi connectivity index (χ0n) is 13.7. The molecule has 0 spiro atoms. The van der Waals surface area contributed by atoms with Gasteiger partial charge < -0.3 is 15.4 Å². The minimum atomic E-state index is -0.328. The van der Waals surface area contributed by atoms with Crippen molar-refractivity contribution in [2.75, 3.05) is 26.7 Å². The quantitative estimate of drug-likeness (QED) is 0.722. The Morgan fingerprint density at radius 1 is 1.27 bits per heavy atom. The van der Waals surface area contributed by atoms with Crippen LogP contribution >= 0.6 is 12.4 Å². The smallest absolute Gasteiger partial charge is 0.230 e. The second kappa shape index (κ2) is 8.39. The molecule has 0 radical (unpaired) electrons. The fourth-order valence-electron chi connectivity index (χ4n) is 2.62. The minimum absolute atomic E-state index is 0. The molecule has 1 amide bonds. The third kappa shape index (κ3) is 4.14. The molecular weight excluding hydrogens is 300 g/mol. The van der Waals surface area contributed by atoms with E-state index < -0.39 is 0 Å². The summed E-state index contributed by atoms with van der Waals surface area (Å²) in [5.41, 5.74) is 1.84. The number of hydrogen-bond acceptors (Lipinski definition) is 3. The average Bonchev–Trinajstić information content (AvgIpc) is 3.29. The maximum absolute atomic E-state index is 12.5. The predicted octanol–water partition coefficient (Wildman–Crippen LogP) is 2.57. The number of amides is 1. The summed E-state index contributed by atoms with van der Waals surface area (Å²) in [7, 11) is 1.67. The lowest BCUT2D eigenvalue weighted by atomic mass is 9.93. The van der Waals surface area contributed by atoms with Crippen LogP contribution in [-0.2, 0) is 10.2 Å². The van der Waals surface area contributed by atoms with Gasteiger partial charge in [0.25, 0.3) is 0 Å². The van der Waals surface area contributed by atoms with Crippen molar-refractivity contribution in [1.82, 2.24) is 10.6 Å². The first kappa shape index (κ1) is 18.8. The third-order valence-electron chi connectivity index (χ3n) is 4.16. The van der Waals surface area contributed by atoms with Crippen LogP contribution in [0.15, 0.2) is 18.2 Å². The molecule has 0 aromatic heterocycles. The van der Waals surface area contributed by atoms with Gasteiger partial charge in [-0.25, -0.2) is 0 Å². The minimum Gasteiger partial charge on any atom is -0.496 e. The Morgan fingerprint density at radius 2 is 2.00 bits per heavy atom. The zero-order valence-corrected chi connectivity index (χ0v) is 14.5. The fourth-order valence-corrected chi connectivity index (χ4v) is 2.62. The van der Waals surface area contributed by atoms with Gasteiger partial charge in [0.15, 0.2) is 0 Å². The first-order valence-corrected chi connectivity index (χ1v) is 7.78. The standard InChI is InChI=1S/C17H26N2O2.ClH/c1-4-9-18-10-11-19-16(20)17(7-8-17)14-6-5-13(2)15(12-14)21-3;/h5-6,12,18H,4,7-11H2,1-3H3,(H,19,20);1H. The monoisotopic (exact) mass is 326 g/mol. The molecular formula is C17H27ClN2O2. The van der Waals surface area contributed by atoms with Crippen molar-refractivity contribution in [2.45, 2.75) is 38.5 Å². The molecule has 0 atom stereocenters. The molecule has 0 bridgehead atoms. The van der Waals surface area contributed by atoms with Crippen molar-refractivity contribution >= 4 is 18.3 Å². The Balaban J connectivity index is 0.00000242. The Kier molecular flexibility index (Phi) is 7.17. The summed E-state index contributed by atoms with van der Waals surface area (Å²) in [6.07, 6.45) is 2.96. The maximum atomic E-state index is 12.5. The van der Waals surface area contributed by atoms with E-state index in [4.69, 9.17) is 4.74 Å². The summed E-state index contributed by atoms with van der Waals surface area (Å²) in [6.45, 7) is 6.66. The summed E-state index contributed by atoms with van der Waals surface area (Å²) >= 11 is 0. The number of rotatable bonds is 8. The number of halogens is 1. The van der Waals surface area contributed by atoms with Gasteiger partial charge in [-0.15, -0.1) is 12.4 Å². The number of aryl methyl sites for hydroxylation is 1. The number of carbonyl (C=O) groups is 1. The van der Waals surface area contributed by atoms with E-state index in [-0.39, 0.29) is 23.7 Å². The highest BCUT2D eigenvalue weighted by molar-refractivity contribution is 5.91. The van der Waals surface area contributed by atoms with Gasteiger partial charge in [0.05, 0.1) is 12.5 Å². The molecule has 1 aromatic carbocycles. The molecule has 0 unspecified atom stereocenters. The van der Waals surface area contributed by atoms with Crippen LogP contribution in [0, 0.1) is 6.92 Å². The fraction of sp³-hybridized carbons (Fsp3) is 0.588. The van der Waals surface area contributed by atoms with Crippen molar-refractivity contribution in [3.05, 3.63) is 29.3 Å². The first-order chi connectivity index (χ1) is 10.1. The van der Waals surface area contributed by atoms with Crippen LogP contribution in [0.1, 0.15) is 37.3 Å². The highest BCUT2D eigenvalue weighted by atomic mass is 35.5. The molecule has 1 fully saturated rings. The third-order valence-corrected chi connectivity index (χ3v) is 4.16. The number of methoxy groups -OCH3 is 1. The van der Waals surface area contributed by atoms with E-state index in [1.165, 1.54) is 0 Å². The molecule has 0 aliphatic heterocycles. The van der Waals surface area contributed by atoms with E-state index in [1.54, 1.807) is 7.11 Å². The van der Waals surface area contributed by atoms with Crippen molar-refractivity contribution in [2.24, 2.45) is 0 Å². The van der Waals surface area contributed by atoms with Gasteiger partial charge in [-0.1, -0.05) is 19.1 Å². The van der Waals surface area contributed by atoms with Gasteiger partial charge in [0.2, 0.25) is 5.91 Å². The lowest BCUT2D eigenvalue weighted by molar-refractivity contribution is -0.123. The van der Waals surface area contributed by atoms with Crippen molar-refractivity contribution in [3.63, 3.8) is 0 Å². The van der Waals surface area contributed by atoms with E-state index in [1.807, 2.05) is 19.1 Å². The van der Waals surface area contributed by atoms with E-state index in [0.717, 1.165) is 49.2 Å². The summed E-state index contributed by atoms with van der Waals surface area (Å²) in [5, 5.41) is 6.35. The van der Waals surface area contributed by atoms with Crippen LogP contribution in [0.3, 0.4) is 0 Å². The molecule has 2 N–H and O–H groups in total. The van der Waals surface area contributed by atoms with E-state index in [9.17, 15) is 4.79 Å². The lowest BCUT2D eigenvalue weighted by Crippen LogP contribution is -2.38.